The maximum absolute atomic E-state index is 5.86. The molecule has 0 N–H and O–H groups in total. The fraction of sp³-hybridized carbons (Fsp3) is 0.600. The van der Waals surface area contributed by atoms with Crippen LogP contribution in [0.4, 0.5) is 0 Å². The Kier molecular flexibility index (Phi) is 4.71. The monoisotopic (exact) mass is 265 g/mol. The molecule has 18 heavy (non-hydrogen) atoms. The third-order valence-electron chi connectivity index (χ3n) is 3.62. The quantitative estimate of drug-likeness (QED) is 0.770. The molecule has 2 atom stereocenters. The highest BCUT2D eigenvalue weighted by Gasteiger charge is 2.32. The second-order valence-electron chi connectivity index (χ2n) is 5.13. The molecule has 1 aromatic carbocycles. The van der Waals surface area contributed by atoms with Crippen LogP contribution in [-0.2, 0) is 4.74 Å². The second kappa shape index (κ2) is 6.09. The largest absolute Gasteiger partial charge is 0.375 e. The van der Waals surface area contributed by atoms with Crippen molar-refractivity contribution in [2.45, 2.75) is 38.8 Å². The van der Waals surface area contributed by atoms with E-state index in [2.05, 4.69) is 55.6 Å². The molecular formula is C15H23NOS. The van der Waals surface area contributed by atoms with Crippen LogP contribution in [0.2, 0.25) is 0 Å². The summed E-state index contributed by atoms with van der Waals surface area (Å²) >= 11 is 1.83. The summed E-state index contributed by atoms with van der Waals surface area (Å²) in [5, 5.41) is 0. The van der Waals surface area contributed by atoms with Crippen molar-refractivity contribution in [3.05, 3.63) is 35.4 Å². The number of ether oxygens (including phenoxy) is 1. The van der Waals surface area contributed by atoms with E-state index in [1.54, 1.807) is 0 Å². The minimum atomic E-state index is 0.256. The van der Waals surface area contributed by atoms with Gasteiger partial charge in [-0.25, -0.2) is 4.31 Å². The van der Waals surface area contributed by atoms with Gasteiger partial charge in [-0.05, 0) is 30.2 Å². The van der Waals surface area contributed by atoms with E-state index >= 15 is 0 Å². The summed E-state index contributed by atoms with van der Waals surface area (Å²) in [4.78, 5) is 0. The second-order valence-corrected chi connectivity index (χ2v) is 5.96. The van der Waals surface area contributed by atoms with E-state index in [1.165, 1.54) is 11.1 Å². The summed E-state index contributed by atoms with van der Waals surface area (Å²) in [6.07, 6.45) is 2.41. The molecule has 0 aromatic heterocycles. The van der Waals surface area contributed by atoms with Crippen LogP contribution in [0.5, 0.6) is 0 Å². The van der Waals surface area contributed by atoms with Gasteiger partial charge in [0.25, 0.3) is 0 Å². The Hall–Kier alpha value is -0.510. The number of nitrogens with zero attached hydrogens (tertiary/aromatic N) is 1. The normalized spacial score (nSPS) is 25.6. The fourth-order valence-electron chi connectivity index (χ4n) is 2.71. The van der Waals surface area contributed by atoms with Crippen molar-refractivity contribution in [1.29, 1.82) is 0 Å². The van der Waals surface area contributed by atoms with Gasteiger partial charge >= 0.3 is 0 Å². The van der Waals surface area contributed by atoms with Crippen molar-refractivity contribution in [2.75, 3.05) is 19.4 Å². The third-order valence-corrected chi connectivity index (χ3v) is 4.50. The molecule has 2 nitrogen and oxygen atoms in total. The summed E-state index contributed by atoms with van der Waals surface area (Å²) in [6, 6.07) is 9.15. The fourth-order valence-corrected chi connectivity index (χ4v) is 3.48. The van der Waals surface area contributed by atoms with Crippen LogP contribution in [0.25, 0.3) is 0 Å². The molecular weight excluding hydrogens is 242 g/mol. The molecule has 100 valence electrons. The van der Waals surface area contributed by atoms with Crippen molar-refractivity contribution in [3.63, 3.8) is 0 Å². The number of hydrogen-bond donors (Lipinski definition) is 0. The highest BCUT2D eigenvalue weighted by atomic mass is 32.2. The highest BCUT2D eigenvalue weighted by molar-refractivity contribution is 7.96. The predicted octanol–water partition coefficient (Wildman–Crippen LogP) is 3.85. The molecule has 0 saturated carbocycles. The van der Waals surface area contributed by atoms with Gasteiger partial charge in [0.2, 0.25) is 0 Å². The van der Waals surface area contributed by atoms with Crippen LogP contribution in [0.3, 0.4) is 0 Å². The van der Waals surface area contributed by atoms with Crippen LogP contribution in [-0.4, -0.2) is 29.8 Å². The van der Waals surface area contributed by atoms with E-state index in [9.17, 15) is 0 Å². The third kappa shape index (κ3) is 2.73. The maximum atomic E-state index is 5.86. The summed E-state index contributed by atoms with van der Waals surface area (Å²) in [5.41, 5.74) is 2.87. The summed E-state index contributed by atoms with van der Waals surface area (Å²) in [7, 11) is 0. The SMILES string of the molecule is CSN1CCOC(C)C1c1ccccc1C(C)C. The molecule has 1 aliphatic rings. The van der Waals surface area contributed by atoms with E-state index in [1.807, 2.05) is 11.9 Å². The number of benzene rings is 1. The number of hydrogen-bond acceptors (Lipinski definition) is 3. The lowest BCUT2D eigenvalue weighted by molar-refractivity contribution is -0.0270. The minimum absolute atomic E-state index is 0.256. The van der Waals surface area contributed by atoms with E-state index in [-0.39, 0.29) is 6.10 Å². The molecule has 1 heterocycles. The molecule has 0 spiro atoms. The minimum Gasteiger partial charge on any atom is -0.375 e. The molecule has 2 unspecified atom stereocenters. The molecule has 0 aliphatic carbocycles. The molecule has 3 heteroatoms. The zero-order valence-corrected chi connectivity index (χ0v) is 12.5. The van der Waals surface area contributed by atoms with Gasteiger partial charge in [-0.2, -0.15) is 0 Å². The van der Waals surface area contributed by atoms with Gasteiger partial charge in [0.05, 0.1) is 18.8 Å². The van der Waals surface area contributed by atoms with Crippen molar-refractivity contribution in [1.82, 2.24) is 4.31 Å². The summed E-state index contributed by atoms with van der Waals surface area (Å²) < 4.78 is 8.31. The maximum Gasteiger partial charge on any atom is 0.0753 e. The lowest BCUT2D eigenvalue weighted by Gasteiger charge is -2.39. The van der Waals surface area contributed by atoms with Crippen LogP contribution in [0.15, 0.2) is 24.3 Å². The van der Waals surface area contributed by atoms with Crippen molar-refractivity contribution in [3.8, 4) is 0 Å². The van der Waals surface area contributed by atoms with Crippen LogP contribution in [0, 0.1) is 0 Å². The Morgan fingerprint density at radius 3 is 2.72 bits per heavy atom. The van der Waals surface area contributed by atoms with Crippen LogP contribution < -0.4 is 0 Å². The summed E-state index contributed by atoms with van der Waals surface area (Å²) in [5.74, 6) is 0.555. The van der Waals surface area contributed by atoms with E-state index in [0.29, 0.717) is 12.0 Å². The molecule has 0 bridgehead atoms. The van der Waals surface area contributed by atoms with Gasteiger partial charge in [0.1, 0.15) is 0 Å². The van der Waals surface area contributed by atoms with Gasteiger partial charge in [-0.1, -0.05) is 50.1 Å². The standard InChI is InChI=1S/C15H23NOS/c1-11(2)13-7-5-6-8-14(13)15-12(3)17-10-9-16(15)18-4/h5-8,11-12,15H,9-10H2,1-4H3. The number of morpholine rings is 1. The average molecular weight is 265 g/mol. The van der Waals surface area contributed by atoms with E-state index in [0.717, 1.165) is 13.2 Å². The van der Waals surface area contributed by atoms with E-state index in [4.69, 9.17) is 4.74 Å². The smallest absolute Gasteiger partial charge is 0.0753 e. The summed E-state index contributed by atoms with van der Waals surface area (Å²) in [6.45, 7) is 8.54. The van der Waals surface area contributed by atoms with Gasteiger partial charge in [-0.3, -0.25) is 0 Å². The van der Waals surface area contributed by atoms with Crippen LogP contribution >= 0.6 is 11.9 Å². The lowest BCUT2D eigenvalue weighted by atomic mass is 9.90. The Balaban J connectivity index is 2.38. The Morgan fingerprint density at radius 2 is 2.06 bits per heavy atom. The number of rotatable bonds is 3. The zero-order valence-electron chi connectivity index (χ0n) is 11.7. The lowest BCUT2D eigenvalue weighted by Crippen LogP contribution is -2.40. The van der Waals surface area contributed by atoms with Crippen molar-refractivity contribution < 1.29 is 4.74 Å². The first kappa shape index (κ1) is 13.9. The van der Waals surface area contributed by atoms with Gasteiger partial charge in [0.15, 0.2) is 0 Å². The molecule has 2 rings (SSSR count). The first-order chi connectivity index (χ1) is 8.65. The van der Waals surface area contributed by atoms with Gasteiger partial charge in [-0.15, -0.1) is 0 Å². The van der Waals surface area contributed by atoms with Crippen molar-refractivity contribution >= 4 is 11.9 Å². The van der Waals surface area contributed by atoms with E-state index < -0.39 is 0 Å². The average Bonchev–Trinajstić information content (AvgIpc) is 2.38. The Morgan fingerprint density at radius 1 is 1.33 bits per heavy atom. The molecule has 0 amide bonds. The highest BCUT2D eigenvalue weighted by Crippen LogP contribution is 2.36. The first-order valence-electron chi connectivity index (χ1n) is 6.66. The predicted molar refractivity (Wildman–Crippen MR) is 78.9 cm³/mol. The molecule has 1 aromatic rings. The van der Waals surface area contributed by atoms with Gasteiger partial charge in [0, 0.05) is 6.54 Å². The molecule has 0 radical (unpaired) electrons. The Labute approximate surface area is 115 Å². The molecule has 1 aliphatic heterocycles. The Bertz CT molecular complexity index is 394. The van der Waals surface area contributed by atoms with Gasteiger partial charge < -0.3 is 4.74 Å². The van der Waals surface area contributed by atoms with Crippen molar-refractivity contribution in [2.24, 2.45) is 0 Å². The first-order valence-corrected chi connectivity index (χ1v) is 7.84. The van der Waals surface area contributed by atoms with Crippen LogP contribution in [0.1, 0.15) is 43.9 Å². The zero-order chi connectivity index (χ0) is 13.1. The molecule has 1 fully saturated rings. The molecule has 1 saturated heterocycles. The topological polar surface area (TPSA) is 12.5 Å².